The molecule has 25 atom stereocenters. The lowest BCUT2D eigenvalue weighted by Gasteiger charge is -2.52. The van der Waals surface area contributed by atoms with Crippen molar-refractivity contribution in [3.63, 3.8) is 0 Å². The van der Waals surface area contributed by atoms with Crippen molar-refractivity contribution in [2.75, 3.05) is 39.6 Å². The van der Waals surface area contributed by atoms with Gasteiger partial charge in [0.2, 0.25) is 0 Å². The average molecular weight is 1590 g/mol. The summed E-state index contributed by atoms with van der Waals surface area (Å²) in [5, 5.41) is 2.58. The minimum Gasteiger partial charge on any atom is -0.484 e. The molecule has 1 N–H and O–H groups in total. The number of carbonyl (C=O) groups is 16. The molecule has 5 fully saturated rings. The maximum absolute atomic E-state index is 14.0. The minimum atomic E-state index is -2.39. The van der Waals surface area contributed by atoms with Crippen LogP contribution in [0.15, 0.2) is 30.3 Å². The largest absolute Gasteiger partial charge is 0.484 e. The first-order valence-corrected chi connectivity index (χ1v) is 34.5. The smallest absolute Gasteiger partial charge is 0.303 e. The van der Waals surface area contributed by atoms with Gasteiger partial charge in [-0.05, 0) is 12.1 Å². The van der Waals surface area contributed by atoms with Crippen molar-refractivity contribution >= 4 is 95.4 Å². The van der Waals surface area contributed by atoms with Crippen molar-refractivity contribution in [2.45, 2.75) is 258 Å². The molecule has 618 valence electrons. The van der Waals surface area contributed by atoms with Crippen molar-refractivity contribution in [2.24, 2.45) is 5.92 Å². The normalized spacial score (nSPS) is 31.5. The van der Waals surface area contributed by atoms with Crippen LogP contribution in [0.1, 0.15) is 111 Å². The van der Waals surface area contributed by atoms with Crippen LogP contribution in [0.25, 0.3) is 0 Å². The highest BCUT2D eigenvalue weighted by Crippen LogP contribution is 2.42. The fourth-order valence-electron chi connectivity index (χ4n) is 12.3. The predicted octanol–water partition coefficient (Wildman–Crippen LogP) is -0.885. The average Bonchev–Trinajstić information content (AvgIpc) is 0.760. The van der Waals surface area contributed by atoms with Crippen LogP contribution >= 0.6 is 0 Å². The Kier molecular flexibility index (Phi) is 34.1. The lowest BCUT2D eigenvalue weighted by atomic mass is 9.90. The molecular weight excluding hydrogens is 1500 g/mol. The number of nitrogens with one attached hydrogen (secondary N) is 1. The summed E-state index contributed by atoms with van der Waals surface area (Å²) >= 11 is 0. The van der Waals surface area contributed by atoms with Crippen LogP contribution in [0.3, 0.4) is 0 Å². The number of ether oxygens (including phenoxy) is 25. The number of para-hydroxylation sites is 1. The highest BCUT2D eigenvalue weighted by Gasteiger charge is 2.63. The lowest BCUT2D eigenvalue weighted by Crippen LogP contribution is -2.70. The van der Waals surface area contributed by atoms with E-state index in [0.717, 1.165) is 104 Å². The van der Waals surface area contributed by atoms with Gasteiger partial charge >= 0.3 is 89.5 Å². The molecule has 1 aromatic carbocycles. The van der Waals surface area contributed by atoms with Gasteiger partial charge in [0.25, 0.3) is 5.91 Å². The third kappa shape index (κ3) is 27.3. The number of hydrogen-bond donors (Lipinski definition) is 1. The molecule has 5 aliphatic rings. The minimum absolute atomic E-state index is 0.233. The molecule has 42 heteroatoms. The number of hydrogen-bond acceptors (Lipinski definition) is 41. The highest BCUT2D eigenvalue weighted by molar-refractivity contribution is 5.78. The zero-order valence-corrected chi connectivity index (χ0v) is 63.3. The van der Waals surface area contributed by atoms with E-state index >= 15 is 0 Å². The highest BCUT2D eigenvalue weighted by atomic mass is 16.8. The molecule has 0 spiro atoms. The Hall–Kier alpha value is -9.82. The summed E-state index contributed by atoms with van der Waals surface area (Å²) in [6, 6.07) is 7.99. The Morgan fingerprint density at radius 1 is 0.279 bits per heavy atom. The molecule has 0 saturated carbocycles. The number of benzene rings is 1. The van der Waals surface area contributed by atoms with Crippen LogP contribution in [-0.4, -0.2) is 282 Å². The number of rotatable bonds is 32. The van der Waals surface area contributed by atoms with E-state index in [1.165, 1.54) is 19.1 Å². The molecule has 5 saturated heterocycles. The van der Waals surface area contributed by atoms with Gasteiger partial charge in [-0.25, -0.2) is 0 Å². The van der Waals surface area contributed by atoms with Gasteiger partial charge in [-0.15, -0.1) is 0 Å². The summed E-state index contributed by atoms with van der Waals surface area (Å²) in [7, 11) is 0. The number of carbonyl (C=O) groups excluding carboxylic acids is 16. The van der Waals surface area contributed by atoms with E-state index in [-0.39, 0.29) is 5.75 Å². The standard InChI is InChI=1S/C69H91NO41/c1-28-51(52(93-34(7)76)46(23-88-30(3)72)104-66(28)111-61-57(98-39(12)81)53(94-35(8)77)45(22-87-29(2)71)103-65(61)70-50(86)27-92-44-20-18-17-19-21-44)108-67-63(101-42(15)84)59(55(96-37(10)79)48(105-67)25-90-32(5)74)110-69-64(102-43(16)85)60(56(97-38(11)80)49(107-69)26-91-33(6)75)109-68-62(100-41(14)83)58(99-40(13)82)54(95-36(9)78)47(106-68)24-89-31(4)73/h17-21,28,45-49,51-69H,22-27H2,1-16H3,(H,70,86)/t28?,45?,46?,47?,48?,49?,51-,52-,53-,54-,55-,56-,57+,58+,59+,60+,61?,62?,63?,64?,65+,66-,67-,68-,69-/m1/s1. The Bertz CT molecular complexity index is 3480. The molecule has 0 aliphatic carbocycles. The molecule has 0 bridgehead atoms. The fourth-order valence-corrected chi connectivity index (χ4v) is 12.3. The first-order valence-electron chi connectivity index (χ1n) is 34.5. The fraction of sp³-hybridized carbons (Fsp3) is 0.681. The van der Waals surface area contributed by atoms with E-state index in [1.54, 1.807) is 18.2 Å². The summed E-state index contributed by atoms with van der Waals surface area (Å²) in [5.41, 5.74) is 0. The zero-order valence-electron chi connectivity index (χ0n) is 63.3. The molecule has 1 amide bonds. The topological polar surface area (TPSA) is 516 Å². The summed E-state index contributed by atoms with van der Waals surface area (Å²) in [4.78, 5) is 210. The van der Waals surface area contributed by atoms with Gasteiger partial charge in [-0.2, -0.15) is 0 Å². The first-order chi connectivity index (χ1) is 52.2. The molecule has 1 aromatic rings. The van der Waals surface area contributed by atoms with Crippen LogP contribution in [0.5, 0.6) is 5.75 Å². The van der Waals surface area contributed by atoms with E-state index < -0.39 is 288 Å². The molecule has 0 radical (unpaired) electrons. The Balaban J connectivity index is 1.59. The number of esters is 15. The van der Waals surface area contributed by atoms with E-state index in [9.17, 15) is 76.7 Å². The summed E-state index contributed by atoms with van der Waals surface area (Å²) < 4.78 is 149. The van der Waals surface area contributed by atoms with Gasteiger partial charge in [0, 0.05) is 110 Å². The van der Waals surface area contributed by atoms with Gasteiger partial charge in [-0.3, -0.25) is 76.7 Å². The molecule has 0 aromatic heterocycles. The summed E-state index contributed by atoms with van der Waals surface area (Å²) in [5.74, 6) is -18.1. The van der Waals surface area contributed by atoms with Gasteiger partial charge < -0.3 is 124 Å². The second-order valence-electron chi connectivity index (χ2n) is 25.5. The van der Waals surface area contributed by atoms with Gasteiger partial charge in [0.1, 0.15) is 93.7 Å². The molecular formula is C69H91NO41. The van der Waals surface area contributed by atoms with E-state index in [4.69, 9.17) is 118 Å². The SMILES string of the molecule is CC(=O)OCC1O[C@H](OC2[C@@H](OC(C)=O)[C@H](OC(C)=O)C(COC(C)=O)O[C@@H]2NC(=O)COc2ccccc2)C(C)[C@@H](O[C@H]2OC(COC(C)=O)[C@@H](OC(C)=O)[C@H](O[C@H]3OC(COC(C)=O)[C@@H](OC(C)=O)[C@H](O[C@H]4OC(COC(C)=O)[C@@H](OC(C)=O)[C@H](OC(C)=O)C4OC(C)=O)C3OC(C)=O)C2OC(C)=O)[C@@H]1OC(C)=O. The predicted molar refractivity (Wildman–Crippen MR) is 351 cm³/mol. The molecule has 6 rings (SSSR count). The maximum Gasteiger partial charge on any atom is 0.303 e. The van der Waals surface area contributed by atoms with Gasteiger partial charge in [0.15, 0.2) is 99.0 Å². The van der Waals surface area contributed by atoms with Crippen LogP contribution in [0.4, 0.5) is 0 Å². The van der Waals surface area contributed by atoms with Crippen molar-refractivity contribution in [3.05, 3.63) is 30.3 Å². The zero-order chi connectivity index (χ0) is 82.4. The number of amides is 1. The van der Waals surface area contributed by atoms with Gasteiger partial charge in [0.05, 0.1) is 0 Å². The second kappa shape index (κ2) is 42.0. The first kappa shape index (κ1) is 90.1. The monoisotopic (exact) mass is 1590 g/mol. The third-order valence-corrected chi connectivity index (χ3v) is 16.2. The van der Waals surface area contributed by atoms with Gasteiger partial charge in [-0.1, -0.05) is 25.1 Å². The molecule has 5 aliphatic heterocycles. The van der Waals surface area contributed by atoms with Crippen LogP contribution in [0, 0.1) is 5.92 Å². The summed E-state index contributed by atoms with van der Waals surface area (Å²) in [6.45, 7) is 10.4. The maximum atomic E-state index is 14.0. The van der Waals surface area contributed by atoms with E-state index in [1.807, 2.05) is 0 Å². The Morgan fingerprint density at radius 2 is 0.523 bits per heavy atom. The van der Waals surface area contributed by atoms with Crippen LogP contribution in [0.2, 0.25) is 0 Å². The lowest BCUT2D eigenvalue weighted by molar-refractivity contribution is -0.391. The van der Waals surface area contributed by atoms with Crippen molar-refractivity contribution in [1.29, 1.82) is 0 Å². The van der Waals surface area contributed by atoms with Crippen molar-refractivity contribution in [3.8, 4) is 5.75 Å². The molecule has 42 nitrogen and oxygen atoms in total. The van der Waals surface area contributed by atoms with Crippen LogP contribution < -0.4 is 10.1 Å². The molecule has 111 heavy (non-hydrogen) atoms. The molecule has 5 heterocycles. The molecule has 10 unspecified atom stereocenters. The van der Waals surface area contributed by atoms with E-state index in [2.05, 4.69) is 5.32 Å². The van der Waals surface area contributed by atoms with Crippen molar-refractivity contribution < 1.29 is 195 Å². The van der Waals surface area contributed by atoms with E-state index in [0.29, 0.717) is 0 Å². The quantitative estimate of drug-likeness (QED) is 0.0676. The summed E-state index contributed by atoms with van der Waals surface area (Å²) in [6.07, 6.45) is -47.9. The van der Waals surface area contributed by atoms with Crippen LogP contribution in [-0.2, 0) is 190 Å². The Labute approximate surface area is 633 Å². The third-order valence-electron chi connectivity index (χ3n) is 16.2. The second-order valence-corrected chi connectivity index (χ2v) is 25.5. The Morgan fingerprint density at radius 3 is 0.838 bits per heavy atom. The van der Waals surface area contributed by atoms with Crippen molar-refractivity contribution in [1.82, 2.24) is 5.32 Å².